The second kappa shape index (κ2) is 3.78. The molecule has 1 aromatic rings. The van der Waals surface area contributed by atoms with Gasteiger partial charge in [0.15, 0.2) is 0 Å². The Morgan fingerprint density at radius 2 is 1.70 bits per heavy atom. The molecule has 1 aliphatic heterocycles. The quantitative estimate of drug-likeness (QED) is 0.862. The number of primary amides is 1. The average molecular weight is 316 g/mol. The van der Waals surface area contributed by atoms with Gasteiger partial charge in [0.2, 0.25) is 5.91 Å². The van der Waals surface area contributed by atoms with E-state index >= 15 is 0 Å². The third kappa shape index (κ3) is 2.97. The number of hydrogen-bond donors (Lipinski definition) is 1. The molecule has 0 bridgehead atoms. The van der Waals surface area contributed by atoms with E-state index in [1.54, 1.807) is 0 Å². The summed E-state index contributed by atoms with van der Waals surface area (Å²) in [6, 6.07) is 1.95. The van der Waals surface area contributed by atoms with E-state index in [2.05, 4.69) is 0 Å². The van der Waals surface area contributed by atoms with E-state index < -0.39 is 27.1 Å². The standard InChI is InChI=1S/C11H13F5N2OS/c12-20(13,14,15,16)9-5-3-8(4-6-9)18-7-1-2-10(18)11(17)19/h3-6,10H,1-2,7H2,(H2,17,19). The van der Waals surface area contributed by atoms with Gasteiger partial charge in [0.1, 0.15) is 10.9 Å². The van der Waals surface area contributed by atoms with Crippen molar-refractivity contribution >= 4 is 21.8 Å². The van der Waals surface area contributed by atoms with Crippen LogP contribution in [0.15, 0.2) is 29.2 Å². The molecule has 2 N–H and O–H groups in total. The van der Waals surface area contributed by atoms with Gasteiger partial charge in [0.05, 0.1) is 0 Å². The second-order valence-electron chi connectivity index (χ2n) is 4.72. The van der Waals surface area contributed by atoms with Crippen molar-refractivity contribution < 1.29 is 24.2 Å². The molecule has 1 fully saturated rings. The minimum absolute atomic E-state index is 0.275. The Bertz CT molecular complexity index is 542. The number of carbonyl (C=O) groups excluding carboxylic acids is 1. The summed E-state index contributed by atoms with van der Waals surface area (Å²) in [7, 11) is -9.65. The summed E-state index contributed by atoms with van der Waals surface area (Å²) in [6.07, 6.45) is 1.16. The van der Waals surface area contributed by atoms with Crippen LogP contribution in [0, 0.1) is 0 Å². The Morgan fingerprint density at radius 1 is 1.15 bits per heavy atom. The first-order valence-electron chi connectivity index (χ1n) is 5.78. The normalized spacial score (nSPS) is 23.2. The lowest BCUT2D eigenvalue weighted by molar-refractivity contribution is -0.119. The van der Waals surface area contributed by atoms with Crippen LogP contribution in [0.4, 0.5) is 25.1 Å². The summed E-state index contributed by atoms with van der Waals surface area (Å²) in [6.45, 7) is 0.448. The Balaban J connectivity index is 2.33. The molecular formula is C11H13F5N2OS. The minimum Gasteiger partial charge on any atom is -0.368 e. The number of halogens is 5. The van der Waals surface area contributed by atoms with Gasteiger partial charge in [-0.15, -0.1) is 0 Å². The van der Waals surface area contributed by atoms with Gasteiger partial charge >= 0.3 is 10.2 Å². The molecule has 1 atom stereocenters. The molecule has 1 aromatic carbocycles. The number of nitrogens with two attached hydrogens (primary N) is 1. The van der Waals surface area contributed by atoms with Gasteiger partial charge in [-0.3, -0.25) is 4.79 Å². The van der Waals surface area contributed by atoms with Crippen LogP contribution >= 0.6 is 10.2 Å². The summed E-state index contributed by atoms with van der Waals surface area (Å²) in [5.41, 5.74) is 5.47. The smallest absolute Gasteiger partial charge is 0.310 e. The molecule has 1 amide bonds. The number of anilines is 1. The van der Waals surface area contributed by atoms with Crippen LogP contribution in [0.1, 0.15) is 12.8 Å². The Kier molecular flexibility index (Phi) is 2.81. The highest BCUT2D eigenvalue weighted by atomic mass is 32.5. The van der Waals surface area contributed by atoms with Gasteiger partial charge in [-0.25, -0.2) is 0 Å². The van der Waals surface area contributed by atoms with E-state index in [4.69, 9.17) is 5.73 Å². The second-order valence-corrected chi connectivity index (χ2v) is 7.13. The largest absolute Gasteiger partial charge is 0.368 e. The van der Waals surface area contributed by atoms with E-state index in [-0.39, 0.29) is 5.69 Å². The molecule has 3 nitrogen and oxygen atoms in total. The zero-order valence-corrected chi connectivity index (χ0v) is 11.1. The van der Waals surface area contributed by atoms with Crippen LogP contribution in [0.3, 0.4) is 0 Å². The Morgan fingerprint density at radius 3 is 2.15 bits per heavy atom. The lowest BCUT2D eigenvalue weighted by Crippen LogP contribution is -2.40. The topological polar surface area (TPSA) is 46.3 Å². The highest BCUT2D eigenvalue weighted by Gasteiger charge is 2.65. The maximum atomic E-state index is 12.6. The van der Waals surface area contributed by atoms with Gasteiger partial charge in [-0.2, -0.15) is 0 Å². The third-order valence-electron chi connectivity index (χ3n) is 3.20. The van der Waals surface area contributed by atoms with Crippen LogP contribution in [-0.4, -0.2) is 18.5 Å². The molecule has 0 radical (unpaired) electrons. The van der Waals surface area contributed by atoms with Crippen molar-refractivity contribution in [2.24, 2.45) is 5.73 Å². The number of hydrogen-bond acceptors (Lipinski definition) is 2. The van der Waals surface area contributed by atoms with E-state index in [0.717, 1.165) is 12.1 Å². The molecule has 1 aliphatic rings. The van der Waals surface area contributed by atoms with Crippen molar-refractivity contribution in [1.29, 1.82) is 0 Å². The Hall–Kier alpha value is -1.51. The highest BCUT2D eigenvalue weighted by molar-refractivity contribution is 8.45. The molecule has 0 spiro atoms. The zero-order valence-electron chi connectivity index (χ0n) is 10.2. The lowest BCUT2D eigenvalue weighted by Gasteiger charge is -2.40. The summed E-state index contributed by atoms with van der Waals surface area (Å²) < 4.78 is 62.9. The lowest BCUT2D eigenvalue weighted by atomic mass is 10.2. The molecule has 0 aliphatic carbocycles. The molecule has 0 aromatic heterocycles. The van der Waals surface area contributed by atoms with Gasteiger partial charge in [0, 0.05) is 12.2 Å². The fraction of sp³-hybridized carbons (Fsp3) is 0.364. The first-order valence-corrected chi connectivity index (χ1v) is 7.74. The van der Waals surface area contributed by atoms with Crippen LogP contribution in [0.2, 0.25) is 0 Å². The van der Waals surface area contributed by atoms with Crippen LogP contribution in [-0.2, 0) is 4.79 Å². The molecule has 2 rings (SSSR count). The predicted octanol–water partition coefficient (Wildman–Crippen LogP) is 3.80. The average Bonchev–Trinajstić information content (AvgIpc) is 2.75. The number of nitrogens with zero attached hydrogens (tertiary/aromatic N) is 1. The molecule has 1 unspecified atom stereocenters. The third-order valence-corrected chi connectivity index (χ3v) is 4.36. The molecule has 1 saturated heterocycles. The molecule has 1 heterocycles. The Labute approximate surface area is 112 Å². The molecule has 114 valence electrons. The summed E-state index contributed by atoms with van der Waals surface area (Å²) >= 11 is 0. The monoisotopic (exact) mass is 316 g/mol. The first-order chi connectivity index (χ1) is 8.88. The molecular weight excluding hydrogens is 303 g/mol. The highest BCUT2D eigenvalue weighted by Crippen LogP contribution is 3.02. The predicted molar refractivity (Wildman–Crippen MR) is 67.4 cm³/mol. The van der Waals surface area contributed by atoms with Gasteiger partial charge in [0.25, 0.3) is 0 Å². The fourth-order valence-corrected chi connectivity index (χ4v) is 2.92. The van der Waals surface area contributed by atoms with E-state index in [0.29, 0.717) is 31.5 Å². The number of amides is 1. The van der Waals surface area contributed by atoms with Crippen LogP contribution in [0.25, 0.3) is 0 Å². The summed E-state index contributed by atoms with van der Waals surface area (Å²) in [4.78, 5) is 10.8. The van der Waals surface area contributed by atoms with Crippen molar-refractivity contribution in [3.63, 3.8) is 0 Å². The van der Waals surface area contributed by atoms with Gasteiger partial charge in [-0.1, -0.05) is 19.4 Å². The maximum absolute atomic E-state index is 12.6. The van der Waals surface area contributed by atoms with Crippen molar-refractivity contribution in [3.8, 4) is 0 Å². The van der Waals surface area contributed by atoms with Crippen molar-refractivity contribution in [2.45, 2.75) is 23.8 Å². The van der Waals surface area contributed by atoms with E-state index in [1.165, 1.54) is 4.90 Å². The van der Waals surface area contributed by atoms with Gasteiger partial charge < -0.3 is 10.6 Å². The van der Waals surface area contributed by atoms with Crippen LogP contribution < -0.4 is 10.6 Å². The first kappa shape index (κ1) is 14.9. The number of carbonyl (C=O) groups is 1. The molecule has 20 heavy (non-hydrogen) atoms. The maximum Gasteiger partial charge on any atom is 0.310 e. The molecule has 0 saturated carbocycles. The van der Waals surface area contributed by atoms with Crippen LogP contribution in [0.5, 0.6) is 0 Å². The van der Waals surface area contributed by atoms with Crippen molar-refractivity contribution in [2.75, 3.05) is 11.4 Å². The van der Waals surface area contributed by atoms with E-state index in [1.807, 2.05) is 0 Å². The minimum atomic E-state index is -9.65. The SMILES string of the molecule is NC(=O)C1CCCN1c1ccc(S(F)(F)(F)(F)F)cc1. The molecule has 9 heteroatoms. The van der Waals surface area contributed by atoms with Crippen molar-refractivity contribution in [3.05, 3.63) is 24.3 Å². The van der Waals surface area contributed by atoms with Gasteiger partial charge in [-0.05, 0) is 37.1 Å². The zero-order chi connectivity index (χ0) is 15.2. The number of rotatable bonds is 3. The summed E-state index contributed by atoms with van der Waals surface area (Å²) in [5.74, 6) is -0.584. The fourth-order valence-electron chi connectivity index (χ4n) is 2.27. The van der Waals surface area contributed by atoms with E-state index in [9.17, 15) is 24.2 Å². The number of benzene rings is 1. The van der Waals surface area contributed by atoms with Crippen molar-refractivity contribution in [1.82, 2.24) is 0 Å². The summed E-state index contributed by atoms with van der Waals surface area (Å²) in [5, 5.41) is 0.